The molecule has 1 heteroatoms. The molecule has 1 aliphatic heterocycles. The Labute approximate surface area is 90.2 Å². The third-order valence-corrected chi connectivity index (χ3v) is 2.75. The lowest BCUT2D eigenvalue weighted by Gasteiger charge is -2.30. The molecule has 0 amide bonds. The van der Waals surface area contributed by atoms with Crippen molar-refractivity contribution < 1.29 is 0 Å². The van der Waals surface area contributed by atoms with E-state index in [0.29, 0.717) is 6.04 Å². The van der Waals surface area contributed by atoms with Crippen molar-refractivity contribution >= 4 is 0 Å². The van der Waals surface area contributed by atoms with E-state index in [1.165, 1.54) is 13.0 Å². The second-order valence-corrected chi connectivity index (χ2v) is 4.27. The van der Waals surface area contributed by atoms with Crippen molar-refractivity contribution in [2.75, 3.05) is 13.1 Å². The van der Waals surface area contributed by atoms with Crippen molar-refractivity contribution in [3.05, 3.63) is 11.6 Å². The minimum absolute atomic E-state index is 0.704. The van der Waals surface area contributed by atoms with Crippen LogP contribution in [0.5, 0.6) is 0 Å². The zero-order valence-electron chi connectivity index (χ0n) is 10.8. The molecule has 0 saturated heterocycles. The summed E-state index contributed by atoms with van der Waals surface area (Å²) >= 11 is 0. The average molecular weight is 197 g/mol. The van der Waals surface area contributed by atoms with E-state index in [-0.39, 0.29) is 0 Å². The number of nitrogens with zero attached hydrogens (tertiary/aromatic N) is 1. The first-order valence-corrected chi connectivity index (χ1v) is 6.04. The zero-order chi connectivity index (χ0) is 11.1. The number of rotatable bonds is 2. The van der Waals surface area contributed by atoms with Gasteiger partial charge in [0.25, 0.3) is 0 Å². The molecule has 0 spiro atoms. The van der Waals surface area contributed by atoms with Crippen LogP contribution in [0.1, 0.15) is 48.0 Å². The Morgan fingerprint density at radius 1 is 1.14 bits per heavy atom. The highest BCUT2D eigenvalue weighted by molar-refractivity contribution is 5.09. The van der Waals surface area contributed by atoms with Crippen molar-refractivity contribution in [3.63, 3.8) is 0 Å². The van der Waals surface area contributed by atoms with Crippen molar-refractivity contribution in [2.45, 2.75) is 54.0 Å². The van der Waals surface area contributed by atoms with E-state index >= 15 is 0 Å². The predicted molar refractivity (Wildman–Crippen MR) is 65.6 cm³/mol. The SMILES string of the molecule is CC.CC(C)C1=CCN(C(C)C)CC1. The first-order chi connectivity index (χ1) is 6.61. The van der Waals surface area contributed by atoms with Crippen LogP contribution in [0.2, 0.25) is 0 Å². The first kappa shape index (κ1) is 13.7. The van der Waals surface area contributed by atoms with Crippen molar-refractivity contribution in [1.82, 2.24) is 4.90 Å². The normalized spacial score (nSPS) is 17.9. The lowest BCUT2D eigenvalue weighted by atomic mass is 9.96. The maximum absolute atomic E-state index is 2.52. The molecule has 0 atom stereocenters. The molecule has 1 aliphatic rings. The Morgan fingerprint density at radius 2 is 1.71 bits per heavy atom. The van der Waals surface area contributed by atoms with E-state index in [9.17, 15) is 0 Å². The zero-order valence-corrected chi connectivity index (χ0v) is 10.8. The molecule has 14 heavy (non-hydrogen) atoms. The fraction of sp³-hybridized carbons (Fsp3) is 0.846. The summed E-state index contributed by atoms with van der Waals surface area (Å²) < 4.78 is 0. The largest absolute Gasteiger partial charge is 0.297 e. The monoisotopic (exact) mass is 197 g/mol. The average Bonchev–Trinajstić information content (AvgIpc) is 2.21. The van der Waals surface area contributed by atoms with E-state index in [0.717, 1.165) is 12.5 Å². The fourth-order valence-corrected chi connectivity index (χ4v) is 1.69. The van der Waals surface area contributed by atoms with E-state index < -0.39 is 0 Å². The molecule has 0 unspecified atom stereocenters. The standard InChI is InChI=1S/C11H21N.C2H6/c1-9(2)11-5-7-12(8-6-11)10(3)4;1-2/h5,9-10H,6-8H2,1-4H3;1-2H3. The molecule has 0 aromatic carbocycles. The van der Waals surface area contributed by atoms with Crippen LogP contribution in [0, 0.1) is 5.92 Å². The predicted octanol–water partition coefficient (Wildman–Crippen LogP) is 3.71. The maximum Gasteiger partial charge on any atom is 0.0168 e. The molecule has 0 aromatic heterocycles. The third kappa shape index (κ3) is 4.28. The van der Waals surface area contributed by atoms with Crippen molar-refractivity contribution in [2.24, 2.45) is 5.92 Å². The Balaban J connectivity index is 0.000000791. The van der Waals surface area contributed by atoms with E-state index in [1.54, 1.807) is 5.57 Å². The Morgan fingerprint density at radius 3 is 2.00 bits per heavy atom. The quantitative estimate of drug-likeness (QED) is 0.610. The van der Waals surface area contributed by atoms with Gasteiger partial charge in [0, 0.05) is 19.1 Å². The minimum atomic E-state index is 0.704. The van der Waals surface area contributed by atoms with Gasteiger partial charge < -0.3 is 0 Å². The Bertz CT molecular complexity index is 168. The van der Waals surface area contributed by atoms with Crippen LogP contribution in [0.4, 0.5) is 0 Å². The highest BCUT2D eigenvalue weighted by Gasteiger charge is 2.15. The summed E-state index contributed by atoms with van der Waals surface area (Å²) in [6.45, 7) is 15.5. The third-order valence-electron chi connectivity index (χ3n) is 2.75. The van der Waals surface area contributed by atoms with Crippen molar-refractivity contribution in [1.29, 1.82) is 0 Å². The minimum Gasteiger partial charge on any atom is -0.297 e. The topological polar surface area (TPSA) is 3.24 Å². The summed E-state index contributed by atoms with van der Waals surface area (Å²) in [6.07, 6.45) is 3.68. The van der Waals surface area contributed by atoms with Crippen LogP contribution >= 0.6 is 0 Å². The molecule has 0 aliphatic carbocycles. The van der Waals surface area contributed by atoms with E-state index in [2.05, 4.69) is 38.7 Å². The first-order valence-electron chi connectivity index (χ1n) is 6.04. The highest BCUT2D eigenvalue weighted by atomic mass is 15.1. The van der Waals surface area contributed by atoms with Gasteiger partial charge in [-0.25, -0.2) is 0 Å². The summed E-state index contributed by atoms with van der Waals surface area (Å²) in [6, 6.07) is 0.704. The fourth-order valence-electron chi connectivity index (χ4n) is 1.69. The molecule has 84 valence electrons. The smallest absolute Gasteiger partial charge is 0.0168 e. The molecule has 1 rings (SSSR count). The molecule has 0 radical (unpaired) electrons. The Kier molecular flexibility index (Phi) is 6.90. The van der Waals surface area contributed by atoms with Gasteiger partial charge in [-0.1, -0.05) is 39.3 Å². The van der Waals surface area contributed by atoms with Gasteiger partial charge in [-0.2, -0.15) is 0 Å². The molecule has 0 aromatic rings. The molecule has 0 bridgehead atoms. The van der Waals surface area contributed by atoms with E-state index in [4.69, 9.17) is 0 Å². The van der Waals surface area contributed by atoms with Crippen LogP contribution in [0.3, 0.4) is 0 Å². The molecule has 1 nitrogen and oxygen atoms in total. The second kappa shape index (κ2) is 7.05. The molecule has 0 fully saturated rings. The van der Waals surface area contributed by atoms with Crippen molar-refractivity contribution in [3.8, 4) is 0 Å². The van der Waals surface area contributed by atoms with Crippen LogP contribution in [-0.2, 0) is 0 Å². The molecule has 0 saturated carbocycles. The van der Waals surface area contributed by atoms with Gasteiger partial charge in [-0.05, 0) is 26.2 Å². The van der Waals surface area contributed by atoms with Gasteiger partial charge in [0.1, 0.15) is 0 Å². The summed E-state index contributed by atoms with van der Waals surface area (Å²) in [4.78, 5) is 2.52. The number of hydrogen-bond acceptors (Lipinski definition) is 1. The van der Waals surface area contributed by atoms with Crippen LogP contribution in [0.15, 0.2) is 11.6 Å². The van der Waals surface area contributed by atoms with Gasteiger partial charge in [0.15, 0.2) is 0 Å². The maximum atomic E-state index is 2.52. The van der Waals surface area contributed by atoms with Crippen LogP contribution in [0.25, 0.3) is 0 Å². The van der Waals surface area contributed by atoms with Gasteiger partial charge in [0.05, 0.1) is 0 Å². The lowest BCUT2D eigenvalue weighted by molar-refractivity contribution is 0.235. The van der Waals surface area contributed by atoms with Gasteiger partial charge in [-0.3, -0.25) is 4.90 Å². The molecule has 0 N–H and O–H groups in total. The Hall–Kier alpha value is -0.300. The van der Waals surface area contributed by atoms with E-state index in [1.807, 2.05) is 13.8 Å². The summed E-state index contributed by atoms with van der Waals surface area (Å²) in [7, 11) is 0. The van der Waals surface area contributed by atoms with Gasteiger partial charge in [-0.15, -0.1) is 0 Å². The highest BCUT2D eigenvalue weighted by Crippen LogP contribution is 2.19. The molecular weight excluding hydrogens is 170 g/mol. The van der Waals surface area contributed by atoms with Gasteiger partial charge >= 0.3 is 0 Å². The second-order valence-electron chi connectivity index (χ2n) is 4.27. The number of hydrogen-bond donors (Lipinski definition) is 0. The van der Waals surface area contributed by atoms with Crippen LogP contribution in [-0.4, -0.2) is 24.0 Å². The van der Waals surface area contributed by atoms with Gasteiger partial charge in [0.2, 0.25) is 0 Å². The molecule has 1 heterocycles. The summed E-state index contributed by atoms with van der Waals surface area (Å²) in [5, 5.41) is 0. The summed E-state index contributed by atoms with van der Waals surface area (Å²) in [5.74, 6) is 0.749. The molecular formula is C13H27N. The lowest BCUT2D eigenvalue weighted by Crippen LogP contribution is -2.35. The summed E-state index contributed by atoms with van der Waals surface area (Å²) in [5.41, 5.74) is 1.65. The van der Waals surface area contributed by atoms with Crippen LogP contribution < -0.4 is 0 Å².